The average Bonchev–Trinajstić information content (AvgIpc) is 2.48. The second kappa shape index (κ2) is 8.28. The van der Waals surface area contributed by atoms with Crippen LogP contribution < -0.4 is 5.32 Å². The van der Waals surface area contributed by atoms with E-state index in [4.69, 9.17) is 23.2 Å². The van der Waals surface area contributed by atoms with Gasteiger partial charge in [0, 0.05) is 28.9 Å². The molecule has 0 saturated carbocycles. The van der Waals surface area contributed by atoms with Crippen molar-refractivity contribution in [3.05, 3.63) is 33.8 Å². The van der Waals surface area contributed by atoms with Gasteiger partial charge >= 0.3 is 0 Å². The van der Waals surface area contributed by atoms with Crippen LogP contribution >= 0.6 is 35.0 Å². The number of nitrogens with one attached hydrogen (secondary N) is 1. The molecule has 0 aliphatic carbocycles. The van der Waals surface area contributed by atoms with E-state index >= 15 is 0 Å². The first-order valence-electron chi connectivity index (χ1n) is 7.06. The maximum atomic E-state index is 12.2. The van der Waals surface area contributed by atoms with Crippen molar-refractivity contribution in [1.82, 2.24) is 10.2 Å². The van der Waals surface area contributed by atoms with Gasteiger partial charge in [0.05, 0.1) is 5.75 Å². The van der Waals surface area contributed by atoms with Gasteiger partial charge in [0.25, 0.3) is 0 Å². The second-order valence-corrected chi connectivity index (χ2v) is 7.38. The molecule has 1 aromatic rings. The number of halogens is 2. The summed E-state index contributed by atoms with van der Waals surface area (Å²) in [5.74, 6) is 0.677. The number of rotatable bonds is 5. The molecule has 1 amide bonds. The molecule has 6 heteroatoms. The van der Waals surface area contributed by atoms with Crippen molar-refractivity contribution in [2.75, 3.05) is 25.9 Å². The van der Waals surface area contributed by atoms with E-state index in [-0.39, 0.29) is 5.91 Å². The van der Waals surface area contributed by atoms with Crippen molar-refractivity contribution < 1.29 is 4.79 Å². The monoisotopic (exact) mass is 346 g/mol. The van der Waals surface area contributed by atoms with Crippen LogP contribution in [0.5, 0.6) is 0 Å². The van der Waals surface area contributed by atoms with E-state index in [1.807, 2.05) is 13.1 Å². The molecule has 1 saturated heterocycles. The van der Waals surface area contributed by atoms with Gasteiger partial charge in [-0.05, 0) is 43.6 Å². The molecule has 1 aliphatic rings. The summed E-state index contributed by atoms with van der Waals surface area (Å²) in [5.41, 5.74) is 0.920. The van der Waals surface area contributed by atoms with E-state index in [9.17, 15) is 4.79 Å². The quantitative estimate of drug-likeness (QED) is 0.886. The molecule has 1 heterocycles. The number of piperidine rings is 1. The zero-order valence-corrected chi connectivity index (χ0v) is 14.4. The summed E-state index contributed by atoms with van der Waals surface area (Å²) in [6.45, 7) is 2.63. The number of hydrogen-bond donors (Lipinski definition) is 1. The van der Waals surface area contributed by atoms with E-state index in [1.54, 1.807) is 28.8 Å². The fraction of sp³-hybridized carbons (Fsp3) is 0.533. The molecule has 0 atom stereocenters. The summed E-state index contributed by atoms with van der Waals surface area (Å²) in [4.78, 5) is 13.9. The Balaban J connectivity index is 1.81. The number of benzene rings is 1. The van der Waals surface area contributed by atoms with Gasteiger partial charge in [-0.25, -0.2) is 0 Å². The fourth-order valence-corrected chi connectivity index (χ4v) is 3.89. The summed E-state index contributed by atoms with van der Waals surface area (Å²) in [6.07, 6.45) is 2.29. The second-order valence-electron chi connectivity index (χ2n) is 5.25. The minimum absolute atomic E-state index is 0.143. The lowest BCUT2D eigenvalue weighted by Crippen LogP contribution is -2.32. The van der Waals surface area contributed by atoms with Crippen molar-refractivity contribution in [3.63, 3.8) is 0 Å². The maximum absolute atomic E-state index is 12.2. The van der Waals surface area contributed by atoms with Crippen molar-refractivity contribution in [3.8, 4) is 0 Å². The molecule has 3 nitrogen and oxygen atoms in total. The molecule has 0 bridgehead atoms. The summed E-state index contributed by atoms with van der Waals surface area (Å²) >= 11 is 13.8. The molecule has 0 spiro atoms. The smallest absolute Gasteiger partial charge is 0.232 e. The molecule has 0 unspecified atom stereocenters. The van der Waals surface area contributed by atoms with E-state index < -0.39 is 0 Å². The van der Waals surface area contributed by atoms with Crippen LogP contribution in [0.15, 0.2) is 18.2 Å². The van der Waals surface area contributed by atoms with E-state index in [0.717, 1.165) is 31.5 Å². The van der Waals surface area contributed by atoms with E-state index in [2.05, 4.69) is 5.32 Å². The van der Waals surface area contributed by atoms with Gasteiger partial charge in [0.1, 0.15) is 0 Å². The van der Waals surface area contributed by atoms with Gasteiger partial charge in [-0.3, -0.25) is 4.79 Å². The van der Waals surface area contributed by atoms with Crippen LogP contribution in [0.25, 0.3) is 0 Å². The summed E-state index contributed by atoms with van der Waals surface area (Å²) in [5, 5.41) is 5.15. The molecule has 2 rings (SSSR count). The highest BCUT2D eigenvalue weighted by Crippen LogP contribution is 2.23. The van der Waals surface area contributed by atoms with Gasteiger partial charge in [-0.2, -0.15) is 0 Å². The molecule has 1 aliphatic heterocycles. The third kappa shape index (κ3) is 5.37. The van der Waals surface area contributed by atoms with Gasteiger partial charge < -0.3 is 10.2 Å². The third-order valence-electron chi connectivity index (χ3n) is 3.58. The molecule has 1 fully saturated rings. The number of amides is 1. The van der Waals surface area contributed by atoms with Crippen LogP contribution in [0, 0.1) is 0 Å². The average molecular weight is 347 g/mol. The van der Waals surface area contributed by atoms with Gasteiger partial charge in [-0.1, -0.05) is 29.3 Å². The number of carbonyl (C=O) groups is 1. The Bertz CT molecular complexity index is 493. The Morgan fingerprint density at radius 3 is 2.76 bits per heavy atom. The standard InChI is InChI=1S/C15H20Cl2N2OS/c1-19(9-11-2-3-12(16)8-14(11)17)15(20)10-21-13-4-6-18-7-5-13/h2-3,8,13,18H,4-7,9-10H2,1H3. The van der Waals surface area contributed by atoms with Crippen LogP contribution in [0.4, 0.5) is 0 Å². The Morgan fingerprint density at radius 1 is 1.38 bits per heavy atom. The van der Waals surface area contributed by atoms with Crippen molar-refractivity contribution in [2.24, 2.45) is 0 Å². The largest absolute Gasteiger partial charge is 0.341 e. The van der Waals surface area contributed by atoms with Gasteiger partial charge in [-0.15, -0.1) is 11.8 Å². The topological polar surface area (TPSA) is 32.3 Å². The SMILES string of the molecule is CN(Cc1ccc(Cl)cc1Cl)C(=O)CSC1CCNCC1. The van der Waals surface area contributed by atoms with Crippen LogP contribution in [0.2, 0.25) is 10.0 Å². The predicted octanol–water partition coefficient (Wildman–Crippen LogP) is 3.44. The van der Waals surface area contributed by atoms with Crippen molar-refractivity contribution in [1.29, 1.82) is 0 Å². The van der Waals surface area contributed by atoms with Crippen LogP contribution in [0.3, 0.4) is 0 Å². The Morgan fingerprint density at radius 2 is 2.10 bits per heavy atom. The highest BCUT2D eigenvalue weighted by atomic mass is 35.5. The van der Waals surface area contributed by atoms with Crippen LogP contribution in [0.1, 0.15) is 18.4 Å². The van der Waals surface area contributed by atoms with E-state index in [1.165, 1.54) is 0 Å². The van der Waals surface area contributed by atoms with Crippen LogP contribution in [-0.4, -0.2) is 41.9 Å². The first kappa shape index (κ1) is 16.9. The lowest BCUT2D eigenvalue weighted by molar-refractivity contribution is -0.127. The lowest BCUT2D eigenvalue weighted by Gasteiger charge is -2.23. The van der Waals surface area contributed by atoms with Gasteiger partial charge in [0.15, 0.2) is 0 Å². The fourth-order valence-electron chi connectivity index (χ4n) is 2.26. The summed E-state index contributed by atoms with van der Waals surface area (Å²) < 4.78 is 0. The molecule has 1 N–H and O–H groups in total. The normalized spacial score (nSPS) is 16.0. The number of thioether (sulfide) groups is 1. The van der Waals surface area contributed by atoms with E-state index in [0.29, 0.717) is 27.6 Å². The molecule has 0 aromatic heterocycles. The number of hydrogen-bond acceptors (Lipinski definition) is 3. The highest BCUT2D eigenvalue weighted by Gasteiger charge is 2.17. The van der Waals surface area contributed by atoms with Gasteiger partial charge in [0.2, 0.25) is 5.91 Å². The Labute approximate surface area is 140 Å². The lowest BCUT2D eigenvalue weighted by atomic mass is 10.2. The van der Waals surface area contributed by atoms with Crippen molar-refractivity contribution in [2.45, 2.75) is 24.6 Å². The zero-order chi connectivity index (χ0) is 15.2. The Hall–Kier alpha value is -0.420. The van der Waals surface area contributed by atoms with Crippen molar-refractivity contribution >= 4 is 40.9 Å². The predicted molar refractivity (Wildman–Crippen MR) is 91.3 cm³/mol. The molecular weight excluding hydrogens is 327 g/mol. The molecule has 0 radical (unpaired) electrons. The molecule has 21 heavy (non-hydrogen) atoms. The number of carbonyl (C=O) groups excluding carboxylic acids is 1. The molecular formula is C15H20Cl2N2OS. The minimum atomic E-state index is 0.143. The first-order chi connectivity index (χ1) is 10.1. The summed E-state index contributed by atoms with van der Waals surface area (Å²) in [7, 11) is 1.82. The van der Waals surface area contributed by atoms with Crippen LogP contribution in [-0.2, 0) is 11.3 Å². The molecule has 1 aromatic carbocycles. The third-order valence-corrected chi connectivity index (χ3v) is 5.52. The molecule has 116 valence electrons. The zero-order valence-electron chi connectivity index (χ0n) is 12.1. The Kier molecular flexibility index (Phi) is 6.68. The number of nitrogens with zero attached hydrogens (tertiary/aromatic N) is 1. The first-order valence-corrected chi connectivity index (χ1v) is 8.87. The minimum Gasteiger partial charge on any atom is -0.341 e. The highest BCUT2D eigenvalue weighted by molar-refractivity contribution is 8.00. The maximum Gasteiger partial charge on any atom is 0.232 e. The summed E-state index contributed by atoms with van der Waals surface area (Å²) in [6, 6.07) is 5.37.